The number of aryl methyl sites for hydroxylation is 1. The first-order valence-electron chi connectivity index (χ1n) is 9.11. The topological polar surface area (TPSA) is 0 Å². The van der Waals surface area contributed by atoms with Crippen LogP contribution in [-0.4, -0.2) is 0 Å². The summed E-state index contributed by atoms with van der Waals surface area (Å²) in [6.45, 7) is 7.30. The van der Waals surface area contributed by atoms with Crippen molar-refractivity contribution in [2.24, 2.45) is 5.41 Å². The van der Waals surface area contributed by atoms with E-state index in [9.17, 15) is 0 Å². The molecule has 1 spiro atoms. The maximum Gasteiger partial charge on any atom is 0.0124 e. The van der Waals surface area contributed by atoms with Gasteiger partial charge in [-0.15, -0.1) is 0 Å². The highest BCUT2D eigenvalue weighted by atomic mass is 14.7. The molecule has 114 valence electrons. The third-order valence-corrected chi connectivity index (χ3v) is 7.71. The average molecular weight is 290 g/mol. The molecule has 1 saturated carbocycles. The second-order valence-electron chi connectivity index (χ2n) is 8.32. The molecule has 22 heavy (non-hydrogen) atoms. The minimum atomic E-state index is 0.357. The van der Waals surface area contributed by atoms with Gasteiger partial charge >= 0.3 is 0 Å². The lowest BCUT2D eigenvalue weighted by Crippen LogP contribution is -2.48. The van der Waals surface area contributed by atoms with E-state index in [-0.39, 0.29) is 0 Å². The van der Waals surface area contributed by atoms with Gasteiger partial charge in [-0.1, -0.05) is 42.4 Å². The van der Waals surface area contributed by atoms with Gasteiger partial charge in [0.15, 0.2) is 0 Å². The lowest BCUT2D eigenvalue weighted by molar-refractivity contribution is 0.117. The minimum absolute atomic E-state index is 0.357. The Bertz CT molecular complexity index is 748. The fourth-order valence-corrected chi connectivity index (χ4v) is 6.79. The zero-order chi connectivity index (χ0) is 15.1. The van der Waals surface area contributed by atoms with Gasteiger partial charge in [0, 0.05) is 16.7 Å². The standard InChI is InChI=1S/C22H26/c1-14-8-10-17-19-11-9-15(2)18-7-5-13-22(21(18,19)3)12-4-6-16(14)20(17)22/h8-11,19H,4-7,12-13H2,1-3H3. The molecule has 0 amide bonds. The summed E-state index contributed by atoms with van der Waals surface area (Å²) >= 11 is 0. The van der Waals surface area contributed by atoms with Gasteiger partial charge in [0.1, 0.15) is 0 Å². The Morgan fingerprint density at radius 3 is 2.64 bits per heavy atom. The molecule has 5 rings (SSSR count). The van der Waals surface area contributed by atoms with Gasteiger partial charge in [-0.3, -0.25) is 0 Å². The highest BCUT2D eigenvalue weighted by Gasteiger charge is 2.63. The molecule has 0 heterocycles. The second-order valence-corrected chi connectivity index (χ2v) is 8.32. The fourth-order valence-electron chi connectivity index (χ4n) is 6.79. The van der Waals surface area contributed by atoms with Crippen molar-refractivity contribution in [2.75, 3.05) is 0 Å². The van der Waals surface area contributed by atoms with Crippen molar-refractivity contribution in [2.45, 2.75) is 70.6 Å². The summed E-state index contributed by atoms with van der Waals surface area (Å²) < 4.78 is 0. The molecule has 1 fully saturated rings. The second kappa shape index (κ2) is 3.96. The lowest BCUT2D eigenvalue weighted by atomic mass is 9.48. The van der Waals surface area contributed by atoms with E-state index in [0.717, 1.165) is 0 Å². The molecule has 0 aromatic heterocycles. The lowest BCUT2D eigenvalue weighted by Gasteiger charge is -2.55. The molecule has 0 aliphatic heterocycles. The maximum absolute atomic E-state index is 2.61. The van der Waals surface area contributed by atoms with Crippen LogP contribution in [-0.2, 0) is 11.8 Å². The van der Waals surface area contributed by atoms with Gasteiger partial charge in [0.25, 0.3) is 0 Å². The molecule has 0 radical (unpaired) electrons. The summed E-state index contributed by atoms with van der Waals surface area (Å²) in [5.41, 5.74) is 10.9. The predicted molar refractivity (Wildman–Crippen MR) is 92.3 cm³/mol. The van der Waals surface area contributed by atoms with Crippen LogP contribution in [0.3, 0.4) is 0 Å². The van der Waals surface area contributed by atoms with Crippen LogP contribution >= 0.6 is 0 Å². The van der Waals surface area contributed by atoms with Crippen molar-refractivity contribution in [1.29, 1.82) is 0 Å². The van der Waals surface area contributed by atoms with Crippen LogP contribution < -0.4 is 0 Å². The van der Waals surface area contributed by atoms with Gasteiger partial charge < -0.3 is 0 Å². The molecule has 3 unspecified atom stereocenters. The number of hydrogen-bond acceptors (Lipinski definition) is 0. The van der Waals surface area contributed by atoms with E-state index in [2.05, 4.69) is 45.1 Å². The molecular weight excluding hydrogens is 264 g/mol. The summed E-state index contributed by atoms with van der Waals surface area (Å²) in [4.78, 5) is 0. The first-order valence-corrected chi connectivity index (χ1v) is 9.11. The number of fused-ring (bicyclic) bond motifs is 1. The molecule has 0 N–H and O–H groups in total. The van der Waals surface area contributed by atoms with E-state index >= 15 is 0 Å². The van der Waals surface area contributed by atoms with Crippen molar-refractivity contribution in [1.82, 2.24) is 0 Å². The zero-order valence-electron chi connectivity index (χ0n) is 14.1. The molecule has 0 nitrogen and oxygen atoms in total. The van der Waals surface area contributed by atoms with Crippen LogP contribution in [0, 0.1) is 12.3 Å². The van der Waals surface area contributed by atoms with Gasteiger partial charge in [-0.25, -0.2) is 0 Å². The first-order chi connectivity index (χ1) is 10.6. The van der Waals surface area contributed by atoms with Crippen molar-refractivity contribution in [3.05, 3.63) is 57.7 Å². The van der Waals surface area contributed by atoms with E-state index in [4.69, 9.17) is 0 Å². The zero-order valence-corrected chi connectivity index (χ0v) is 14.1. The molecule has 4 aliphatic rings. The van der Waals surface area contributed by atoms with Crippen LogP contribution in [0.2, 0.25) is 0 Å². The third kappa shape index (κ3) is 1.21. The highest BCUT2D eigenvalue weighted by Crippen LogP contribution is 2.72. The first kappa shape index (κ1) is 13.2. The summed E-state index contributed by atoms with van der Waals surface area (Å²) in [5, 5.41) is 0. The van der Waals surface area contributed by atoms with E-state index in [1.54, 1.807) is 27.8 Å². The van der Waals surface area contributed by atoms with Gasteiger partial charge in [0.05, 0.1) is 0 Å². The van der Waals surface area contributed by atoms with E-state index in [1.165, 1.54) is 44.1 Å². The quantitative estimate of drug-likeness (QED) is 0.571. The van der Waals surface area contributed by atoms with Crippen molar-refractivity contribution >= 4 is 0 Å². The molecule has 4 aliphatic carbocycles. The molecular formula is C22H26. The summed E-state index contributed by atoms with van der Waals surface area (Å²) in [6.07, 6.45) is 13.2. The van der Waals surface area contributed by atoms with Crippen LogP contribution in [0.15, 0.2) is 35.4 Å². The van der Waals surface area contributed by atoms with E-state index in [1.807, 2.05) is 0 Å². The summed E-state index contributed by atoms with van der Waals surface area (Å²) in [6, 6.07) is 4.87. The van der Waals surface area contributed by atoms with Gasteiger partial charge in [-0.2, -0.15) is 0 Å². The highest BCUT2D eigenvalue weighted by molar-refractivity contribution is 5.62. The molecule has 0 bridgehead atoms. The Kier molecular flexibility index (Phi) is 2.37. The normalized spacial score (nSPS) is 38.0. The Morgan fingerprint density at radius 2 is 1.82 bits per heavy atom. The Labute approximate surface area is 134 Å². The third-order valence-electron chi connectivity index (χ3n) is 7.71. The minimum Gasteiger partial charge on any atom is -0.0758 e. The van der Waals surface area contributed by atoms with Crippen LogP contribution in [0.25, 0.3) is 0 Å². The monoisotopic (exact) mass is 290 g/mol. The van der Waals surface area contributed by atoms with Crippen molar-refractivity contribution in [3.8, 4) is 0 Å². The van der Waals surface area contributed by atoms with Crippen LogP contribution in [0.1, 0.15) is 74.1 Å². The van der Waals surface area contributed by atoms with Crippen molar-refractivity contribution in [3.63, 3.8) is 0 Å². The predicted octanol–water partition coefficient (Wildman–Crippen LogP) is 5.74. The number of rotatable bonds is 0. The molecule has 0 saturated heterocycles. The number of allylic oxidation sites excluding steroid dienone is 4. The van der Waals surface area contributed by atoms with Crippen molar-refractivity contribution < 1.29 is 0 Å². The smallest absolute Gasteiger partial charge is 0.0124 e. The average Bonchev–Trinajstić information content (AvgIpc) is 2.73. The Hall–Kier alpha value is -1.30. The summed E-state index contributed by atoms with van der Waals surface area (Å²) in [7, 11) is 0. The Balaban J connectivity index is 1.91. The Morgan fingerprint density at radius 1 is 1.05 bits per heavy atom. The number of benzene rings is 1. The van der Waals surface area contributed by atoms with Gasteiger partial charge in [0.2, 0.25) is 0 Å². The molecule has 3 atom stereocenters. The van der Waals surface area contributed by atoms with Crippen LogP contribution in [0.5, 0.6) is 0 Å². The number of hydrogen-bond donors (Lipinski definition) is 0. The van der Waals surface area contributed by atoms with Crippen LogP contribution in [0.4, 0.5) is 0 Å². The SMILES string of the molecule is CC1=C2CCCC34CCCc5c(C)ccc(c53)C(C=C1)C24C. The largest absolute Gasteiger partial charge is 0.0758 e. The fraction of sp³-hybridized carbons (Fsp3) is 0.545. The molecule has 0 heteroatoms. The molecule has 1 aromatic carbocycles. The van der Waals surface area contributed by atoms with E-state index < -0.39 is 0 Å². The van der Waals surface area contributed by atoms with E-state index in [0.29, 0.717) is 16.7 Å². The molecule has 1 aromatic rings. The maximum atomic E-state index is 2.61. The van der Waals surface area contributed by atoms with Gasteiger partial charge in [-0.05, 0) is 74.6 Å². The summed E-state index contributed by atoms with van der Waals surface area (Å²) in [5.74, 6) is 0.624.